The summed E-state index contributed by atoms with van der Waals surface area (Å²) in [4.78, 5) is 20.1. The zero-order valence-corrected chi connectivity index (χ0v) is 17.6. The molecule has 1 aliphatic carbocycles. The second-order valence-corrected chi connectivity index (χ2v) is 8.10. The number of carbonyl (C=O) groups excluding carboxylic acids is 1. The molecule has 10 heteroatoms. The summed E-state index contributed by atoms with van der Waals surface area (Å²) in [6.45, 7) is 6.61. The Morgan fingerprint density at radius 2 is 1.97 bits per heavy atom. The van der Waals surface area contributed by atoms with Gasteiger partial charge >= 0.3 is 0 Å². The maximum absolute atomic E-state index is 10.2. The number of carbonyl (C=O) groups is 1. The highest BCUT2D eigenvalue weighted by atomic mass is 35.5. The van der Waals surface area contributed by atoms with Crippen LogP contribution >= 0.6 is 11.6 Å². The van der Waals surface area contributed by atoms with Gasteiger partial charge in [-0.2, -0.15) is 15.3 Å². The molecule has 0 unspecified atom stereocenters. The maximum atomic E-state index is 10.2. The molecule has 30 heavy (non-hydrogen) atoms. The fraction of sp³-hybridized carbons (Fsp3) is 0.300. The van der Waals surface area contributed by atoms with Gasteiger partial charge in [0.05, 0.1) is 47.4 Å². The van der Waals surface area contributed by atoms with Gasteiger partial charge in [-0.1, -0.05) is 25.4 Å². The summed E-state index contributed by atoms with van der Waals surface area (Å²) in [5, 5.41) is 15.0. The lowest BCUT2D eigenvalue weighted by Gasteiger charge is -2.18. The summed E-state index contributed by atoms with van der Waals surface area (Å²) < 4.78 is 1.90. The third-order valence-corrected chi connectivity index (χ3v) is 5.32. The van der Waals surface area contributed by atoms with Crippen molar-refractivity contribution in [2.24, 2.45) is 0 Å². The largest absolute Gasteiger partial charge is 0.327 e. The van der Waals surface area contributed by atoms with E-state index in [0.717, 1.165) is 17.8 Å². The van der Waals surface area contributed by atoms with Gasteiger partial charge < -0.3 is 5.32 Å². The minimum atomic E-state index is 0.247. The Balaban J connectivity index is 0.000000145. The quantitative estimate of drug-likeness (QED) is 0.507. The Kier molecular flexibility index (Phi) is 5.21. The molecule has 0 bridgehead atoms. The van der Waals surface area contributed by atoms with Crippen molar-refractivity contribution < 1.29 is 4.79 Å². The average molecular weight is 425 g/mol. The van der Waals surface area contributed by atoms with Crippen LogP contribution in [0.3, 0.4) is 0 Å². The zero-order valence-electron chi connectivity index (χ0n) is 16.9. The Morgan fingerprint density at radius 1 is 1.20 bits per heavy atom. The zero-order chi connectivity index (χ0) is 21.3. The number of imidazole rings is 1. The van der Waals surface area contributed by atoms with Crippen molar-refractivity contribution in [3.05, 3.63) is 58.9 Å². The lowest BCUT2D eigenvalue weighted by molar-refractivity contribution is -0.105. The molecule has 4 aromatic rings. The summed E-state index contributed by atoms with van der Waals surface area (Å²) >= 11 is 5.94. The van der Waals surface area contributed by atoms with E-state index in [9.17, 15) is 4.79 Å². The summed E-state index contributed by atoms with van der Waals surface area (Å²) in [6, 6.07) is 1.57. The summed E-state index contributed by atoms with van der Waals surface area (Å²) in [5.74, 6) is 0.415. The molecule has 0 spiro atoms. The molecule has 0 atom stereocenters. The van der Waals surface area contributed by atoms with E-state index >= 15 is 0 Å². The van der Waals surface area contributed by atoms with E-state index in [1.54, 1.807) is 6.07 Å². The van der Waals surface area contributed by atoms with E-state index in [1.165, 1.54) is 40.9 Å². The Bertz CT molecular complexity index is 1200. The molecule has 1 aliphatic rings. The molecule has 1 N–H and O–H groups in total. The Labute approximate surface area is 178 Å². The molecule has 154 valence electrons. The molecular formula is C20H21ClN8O. The molecule has 0 aliphatic heterocycles. The molecule has 0 saturated heterocycles. The third-order valence-electron chi connectivity index (χ3n) is 5.04. The van der Waals surface area contributed by atoms with Gasteiger partial charge in [0.2, 0.25) is 6.41 Å². The van der Waals surface area contributed by atoms with Gasteiger partial charge in [0.15, 0.2) is 11.5 Å². The number of amides is 1. The van der Waals surface area contributed by atoms with Crippen molar-refractivity contribution in [2.45, 2.75) is 39.0 Å². The topological polar surface area (TPSA) is 103 Å². The summed E-state index contributed by atoms with van der Waals surface area (Å²) in [5.41, 5.74) is 5.62. The second kappa shape index (κ2) is 7.83. The van der Waals surface area contributed by atoms with Crippen LogP contribution in [0.15, 0.2) is 37.1 Å². The number of pyridine rings is 1. The van der Waals surface area contributed by atoms with Crippen LogP contribution < -0.4 is 5.32 Å². The second-order valence-electron chi connectivity index (χ2n) is 7.69. The minimum Gasteiger partial charge on any atom is -0.327 e. The van der Waals surface area contributed by atoms with Gasteiger partial charge in [0.25, 0.3) is 0 Å². The molecule has 0 radical (unpaired) electrons. The summed E-state index contributed by atoms with van der Waals surface area (Å²) in [6.07, 6.45) is 11.4. The molecule has 0 fully saturated rings. The van der Waals surface area contributed by atoms with Crippen LogP contribution in [0.2, 0.25) is 5.02 Å². The highest BCUT2D eigenvalue weighted by Gasteiger charge is 2.33. The van der Waals surface area contributed by atoms with Gasteiger partial charge in [-0.05, 0) is 36.8 Å². The molecule has 4 heterocycles. The predicted octanol–water partition coefficient (Wildman–Crippen LogP) is 3.15. The number of anilines is 1. The molecule has 0 aromatic carbocycles. The molecule has 9 nitrogen and oxygen atoms in total. The van der Waals surface area contributed by atoms with Crippen LogP contribution in [0.1, 0.15) is 37.1 Å². The van der Waals surface area contributed by atoms with Crippen LogP contribution in [0.4, 0.5) is 5.69 Å². The van der Waals surface area contributed by atoms with Crippen molar-refractivity contribution in [2.75, 3.05) is 5.32 Å². The lowest BCUT2D eigenvalue weighted by atomic mass is 9.87. The number of nitrogens with zero attached hydrogens (tertiary/aromatic N) is 7. The van der Waals surface area contributed by atoms with E-state index in [1.807, 2.05) is 23.8 Å². The Morgan fingerprint density at radius 3 is 2.67 bits per heavy atom. The molecule has 1 amide bonds. The number of halogens is 1. The van der Waals surface area contributed by atoms with Crippen molar-refractivity contribution in [1.82, 2.24) is 34.6 Å². The smallest absolute Gasteiger partial charge is 0.211 e. The van der Waals surface area contributed by atoms with Crippen molar-refractivity contribution in [1.29, 1.82) is 0 Å². The first-order valence-electron chi connectivity index (χ1n) is 9.46. The van der Waals surface area contributed by atoms with E-state index in [2.05, 4.69) is 44.4 Å². The van der Waals surface area contributed by atoms with Crippen molar-refractivity contribution >= 4 is 29.3 Å². The number of aromatic nitrogens is 7. The first-order chi connectivity index (χ1) is 14.4. The highest BCUT2D eigenvalue weighted by Crippen LogP contribution is 2.39. The monoisotopic (exact) mass is 424 g/mol. The SMILES string of the molecule is Cc1cn2ncc3c(c2n1)C(C)(C)CC3.O=CNc1cnc(-n2nccn2)c(Cl)c1. The molecule has 4 aromatic heterocycles. The predicted molar refractivity (Wildman–Crippen MR) is 113 cm³/mol. The molecule has 5 rings (SSSR count). The lowest BCUT2D eigenvalue weighted by Crippen LogP contribution is -2.14. The van der Waals surface area contributed by atoms with E-state index in [0.29, 0.717) is 22.9 Å². The van der Waals surface area contributed by atoms with E-state index < -0.39 is 0 Å². The number of aryl methyl sites for hydroxylation is 2. The van der Waals surface area contributed by atoms with Crippen molar-refractivity contribution in [3.8, 4) is 5.82 Å². The van der Waals surface area contributed by atoms with Gasteiger partial charge in [0.1, 0.15) is 0 Å². The van der Waals surface area contributed by atoms with Crippen LogP contribution in [-0.4, -0.2) is 41.0 Å². The first-order valence-corrected chi connectivity index (χ1v) is 9.83. The van der Waals surface area contributed by atoms with Crippen LogP contribution in [0.25, 0.3) is 11.5 Å². The fourth-order valence-electron chi connectivity index (χ4n) is 3.63. The van der Waals surface area contributed by atoms with Crippen LogP contribution in [-0.2, 0) is 16.6 Å². The van der Waals surface area contributed by atoms with Gasteiger partial charge in [-0.25, -0.2) is 14.5 Å². The minimum absolute atomic E-state index is 0.247. The number of hydrogen-bond acceptors (Lipinski definition) is 6. The van der Waals surface area contributed by atoms with E-state index in [4.69, 9.17) is 11.6 Å². The van der Waals surface area contributed by atoms with Gasteiger partial charge in [-0.3, -0.25) is 4.79 Å². The number of fused-ring (bicyclic) bond motifs is 3. The normalized spacial score (nSPS) is 14.1. The highest BCUT2D eigenvalue weighted by molar-refractivity contribution is 6.32. The number of hydrogen-bond donors (Lipinski definition) is 1. The standard InChI is InChI=1S/C12H15N3.C8H6ClN5O/c1-8-7-15-11(14-8)10-9(6-13-15)4-5-12(10,2)3;9-7-3-6(11-5-15)4-10-8(7)14-12-1-2-13-14/h6-7H,4-5H2,1-3H3;1-5H,(H,11,15). The fourth-order valence-corrected chi connectivity index (χ4v) is 3.87. The number of rotatable bonds is 3. The maximum Gasteiger partial charge on any atom is 0.211 e. The van der Waals surface area contributed by atoms with Gasteiger partial charge in [-0.15, -0.1) is 4.80 Å². The summed E-state index contributed by atoms with van der Waals surface area (Å²) in [7, 11) is 0. The van der Waals surface area contributed by atoms with E-state index in [-0.39, 0.29) is 5.41 Å². The molecule has 0 saturated carbocycles. The van der Waals surface area contributed by atoms with Gasteiger partial charge in [0, 0.05) is 5.56 Å². The van der Waals surface area contributed by atoms with Crippen molar-refractivity contribution in [3.63, 3.8) is 0 Å². The van der Waals surface area contributed by atoms with Crippen LogP contribution in [0, 0.1) is 6.92 Å². The number of nitrogens with one attached hydrogen (secondary N) is 1. The third kappa shape index (κ3) is 3.76. The molecular weight excluding hydrogens is 404 g/mol. The average Bonchev–Trinajstić information content (AvgIpc) is 3.41. The first kappa shape index (κ1) is 20.0. The Hall–Kier alpha value is -3.33. The van der Waals surface area contributed by atoms with Crippen LogP contribution in [0.5, 0.6) is 0 Å².